The van der Waals surface area contributed by atoms with Crippen LogP contribution in [0.3, 0.4) is 0 Å². The first-order valence-corrected chi connectivity index (χ1v) is 6.65. The molecule has 0 spiro atoms. The molecule has 0 bridgehead atoms. The van der Waals surface area contributed by atoms with Crippen LogP contribution >= 0.6 is 0 Å². The van der Waals surface area contributed by atoms with E-state index in [4.69, 9.17) is 10.5 Å². The second-order valence-electron chi connectivity index (χ2n) is 4.37. The lowest BCUT2D eigenvalue weighted by Gasteiger charge is -2.12. The van der Waals surface area contributed by atoms with Gasteiger partial charge in [-0.25, -0.2) is 4.79 Å². The van der Waals surface area contributed by atoms with Crippen LogP contribution in [0.1, 0.15) is 12.5 Å². The predicted molar refractivity (Wildman–Crippen MR) is 76.5 cm³/mol. The first-order valence-electron chi connectivity index (χ1n) is 6.65. The molecule has 4 N–H and O–H groups in total. The summed E-state index contributed by atoms with van der Waals surface area (Å²) in [5.41, 5.74) is 4.81. The normalized spacial score (nSPS) is 12.2. The molecule has 1 aromatic heterocycles. The Bertz CT molecular complexity index is 706. The van der Waals surface area contributed by atoms with E-state index in [2.05, 4.69) is 16.8 Å². The number of nitrogens with one attached hydrogen (secondary N) is 1. The molecule has 0 aromatic carbocycles. The fraction of sp³-hybridized carbons (Fsp3) is 0.462. The molecule has 0 aliphatic rings. The molecule has 0 radical (unpaired) electrons. The number of aliphatic hydroxyl groups excluding tert-OH is 1. The SMILES string of the molecule is CCOC(O)Cn1cc(C#CCNC(=O)C(F)(F)F)c(N)nc1=O. The van der Waals surface area contributed by atoms with Crippen molar-refractivity contribution in [2.75, 3.05) is 18.9 Å². The molecule has 1 atom stereocenters. The van der Waals surface area contributed by atoms with Crippen LogP contribution in [-0.4, -0.2) is 46.2 Å². The number of anilines is 1. The Kier molecular flexibility index (Phi) is 6.75. The molecule has 132 valence electrons. The van der Waals surface area contributed by atoms with Gasteiger partial charge in [0, 0.05) is 12.8 Å². The monoisotopic (exact) mass is 348 g/mol. The van der Waals surface area contributed by atoms with Gasteiger partial charge in [0.1, 0.15) is 5.82 Å². The predicted octanol–water partition coefficient (Wildman–Crippen LogP) is -0.790. The molecule has 0 saturated carbocycles. The lowest BCUT2D eigenvalue weighted by molar-refractivity contribution is -0.173. The minimum atomic E-state index is -5.00. The van der Waals surface area contributed by atoms with Crippen LogP contribution in [0.4, 0.5) is 19.0 Å². The van der Waals surface area contributed by atoms with Gasteiger partial charge in [0.25, 0.3) is 0 Å². The number of halogens is 3. The summed E-state index contributed by atoms with van der Waals surface area (Å²) in [5.74, 6) is 2.31. The maximum Gasteiger partial charge on any atom is 0.471 e. The molecule has 1 amide bonds. The van der Waals surface area contributed by atoms with Gasteiger partial charge in [-0.15, -0.1) is 0 Å². The zero-order chi connectivity index (χ0) is 18.3. The second kappa shape index (κ2) is 8.32. The van der Waals surface area contributed by atoms with Crippen molar-refractivity contribution in [1.82, 2.24) is 14.9 Å². The molecule has 1 heterocycles. The third-order valence-corrected chi connectivity index (χ3v) is 2.55. The minimum absolute atomic E-state index is 0.0551. The van der Waals surface area contributed by atoms with Gasteiger partial charge in [0.2, 0.25) is 0 Å². The number of hydrogen-bond acceptors (Lipinski definition) is 6. The maximum atomic E-state index is 12.0. The molecular formula is C13H15F3N4O4. The van der Waals surface area contributed by atoms with Crippen molar-refractivity contribution in [2.24, 2.45) is 0 Å². The van der Waals surface area contributed by atoms with E-state index < -0.39 is 30.6 Å². The topological polar surface area (TPSA) is 119 Å². The molecule has 1 unspecified atom stereocenters. The maximum absolute atomic E-state index is 12.0. The Hall–Kier alpha value is -2.58. The molecule has 24 heavy (non-hydrogen) atoms. The van der Waals surface area contributed by atoms with E-state index in [9.17, 15) is 27.9 Å². The van der Waals surface area contributed by atoms with Gasteiger partial charge in [-0.1, -0.05) is 11.8 Å². The van der Waals surface area contributed by atoms with E-state index >= 15 is 0 Å². The second-order valence-corrected chi connectivity index (χ2v) is 4.37. The van der Waals surface area contributed by atoms with Crippen molar-refractivity contribution in [2.45, 2.75) is 25.9 Å². The molecule has 1 rings (SSSR count). The van der Waals surface area contributed by atoms with E-state index in [1.54, 1.807) is 12.2 Å². The fourth-order valence-corrected chi connectivity index (χ4v) is 1.51. The van der Waals surface area contributed by atoms with E-state index in [-0.39, 0.29) is 24.5 Å². The summed E-state index contributed by atoms with van der Waals surface area (Å²) < 4.78 is 41.8. The summed E-state index contributed by atoms with van der Waals surface area (Å²) in [7, 11) is 0. The molecule has 0 saturated heterocycles. The third-order valence-electron chi connectivity index (χ3n) is 2.55. The summed E-state index contributed by atoms with van der Waals surface area (Å²) in [4.78, 5) is 25.7. The third kappa shape index (κ3) is 5.90. The number of aromatic nitrogens is 2. The minimum Gasteiger partial charge on any atom is -0.382 e. The smallest absolute Gasteiger partial charge is 0.382 e. The summed E-state index contributed by atoms with van der Waals surface area (Å²) in [6, 6.07) is 0. The fourth-order valence-electron chi connectivity index (χ4n) is 1.51. The zero-order valence-corrected chi connectivity index (χ0v) is 12.6. The number of rotatable bonds is 5. The highest BCUT2D eigenvalue weighted by Crippen LogP contribution is 2.13. The van der Waals surface area contributed by atoms with Crippen LogP contribution in [0.5, 0.6) is 0 Å². The number of carbonyl (C=O) groups excluding carboxylic acids is 1. The van der Waals surface area contributed by atoms with Gasteiger partial charge in [0.05, 0.1) is 18.7 Å². The quantitative estimate of drug-likeness (QED) is 0.474. The number of amides is 1. The average Bonchev–Trinajstić information content (AvgIpc) is 2.46. The highest BCUT2D eigenvalue weighted by molar-refractivity contribution is 5.81. The summed E-state index contributed by atoms with van der Waals surface area (Å²) >= 11 is 0. The van der Waals surface area contributed by atoms with Crippen molar-refractivity contribution < 1.29 is 27.8 Å². The van der Waals surface area contributed by atoms with Gasteiger partial charge < -0.3 is 20.9 Å². The van der Waals surface area contributed by atoms with Crippen molar-refractivity contribution >= 4 is 11.7 Å². The van der Waals surface area contributed by atoms with Crippen LogP contribution in [0.25, 0.3) is 0 Å². The van der Waals surface area contributed by atoms with Gasteiger partial charge in [-0.05, 0) is 6.92 Å². The number of nitrogens with zero attached hydrogens (tertiary/aromatic N) is 2. The van der Waals surface area contributed by atoms with E-state index in [1.165, 1.54) is 6.20 Å². The van der Waals surface area contributed by atoms with Crippen molar-refractivity contribution in [3.05, 3.63) is 22.2 Å². The number of nitrogens with two attached hydrogens (primary N) is 1. The number of alkyl halides is 3. The van der Waals surface area contributed by atoms with Gasteiger partial charge >= 0.3 is 17.8 Å². The van der Waals surface area contributed by atoms with Crippen LogP contribution in [-0.2, 0) is 16.1 Å². The highest BCUT2D eigenvalue weighted by atomic mass is 19.4. The lowest BCUT2D eigenvalue weighted by Crippen LogP contribution is -2.36. The van der Waals surface area contributed by atoms with Gasteiger partial charge in [0.15, 0.2) is 6.29 Å². The largest absolute Gasteiger partial charge is 0.471 e. The average molecular weight is 348 g/mol. The van der Waals surface area contributed by atoms with Crippen LogP contribution in [0, 0.1) is 11.8 Å². The molecular weight excluding hydrogens is 333 g/mol. The van der Waals surface area contributed by atoms with Crippen molar-refractivity contribution in [3.63, 3.8) is 0 Å². The van der Waals surface area contributed by atoms with Gasteiger partial charge in [-0.2, -0.15) is 18.2 Å². The highest BCUT2D eigenvalue weighted by Gasteiger charge is 2.38. The van der Waals surface area contributed by atoms with Crippen LogP contribution in [0.2, 0.25) is 0 Å². The molecule has 0 aliphatic heterocycles. The zero-order valence-electron chi connectivity index (χ0n) is 12.6. The Morgan fingerprint density at radius 3 is 2.83 bits per heavy atom. The lowest BCUT2D eigenvalue weighted by atomic mass is 10.3. The Morgan fingerprint density at radius 2 is 2.25 bits per heavy atom. The molecule has 8 nitrogen and oxygen atoms in total. The van der Waals surface area contributed by atoms with Crippen molar-refractivity contribution in [1.29, 1.82) is 0 Å². The standard InChI is InChI=1S/C13H15F3N4O4/c1-2-24-9(21)7-20-6-8(10(17)19-12(20)23)4-3-5-18-11(22)13(14,15)16/h6,9,21H,2,5,7H2,1H3,(H,18,22)(H2,17,19,23). The summed E-state index contributed by atoms with van der Waals surface area (Å²) in [5, 5.41) is 11.1. The molecule has 0 aliphatic carbocycles. The number of hydrogen-bond donors (Lipinski definition) is 3. The van der Waals surface area contributed by atoms with E-state index in [1.807, 2.05) is 0 Å². The Morgan fingerprint density at radius 1 is 1.58 bits per heavy atom. The number of aliphatic hydroxyl groups is 1. The Balaban J connectivity index is 2.84. The first kappa shape index (κ1) is 19.5. The van der Waals surface area contributed by atoms with Crippen LogP contribution < -0.4 is 16.7 Å². The van der Waals surface area contributed by atoms with Gasteiger partial charge in [-0.3, -0.25) is 9.36 Å². The Labute approximate surface area is 134 Å². The number of carbonyl (C=O) groups is 1. The van der Waals surface area contributed by atoms with E-state index in [0.717, 1.165) is 4.57 Å². The molecule has 0 fully saturated rings. The number of ether oxygens (including phenoxy) is 1. The summed E-state index contributed by atoms with van der Waals surface area (Å²) in [6.07, 6.45) is -5.05. The van der Waals surface area contributed by atoms with E-state index in [0.29, 0.717) is 0 Å². The summed E-state index contributed by atoms with van der Waals surface area (Å²) in [6.45, 7) is 1.08. The molecule has 11 heteroatoms. The van der Waals surface area contributed by atoms with Crippen molar-refractivity contribution in [3.8, 4) is 11.8 Å². The first-order chi connectivity index (χ1) is 11.1. The molecule has 1 aromatic rings. The van der Waals surface area contributed by atoms with Crippen LogP contribution in [0.15, 0.2) is 11.0 Å². The number of nitrogen functional groups attached to an aromatic ring is 1.